The second-order valence-corrected chi connectivity index (χ2v) is 2.72. The van der Waals surface area contributed by atoms with E-state index in [0.717, 1.165) is 5.71 Å². The van der Waals surface area contributed by atoms with Crippen LogP contribution in [0.15, 0.2) is 5.10 Å². The molecule has 0 aromatic rings. The van der Waals surface area contributed by atoms with Crippen LogP contribution in [0.1, 0.15) is 0 Å². The number of amides is 1. The summed E-state index contributed by atoms with van der Waals surface area (Å²) in [5.74, 6) is 1.02. The Balaban J connectivity index is 2.50. The lowest BCUT2D eigenvalue weighted by Gasteiger charge is -2.07. The van der Waals surface area contributed by atoms with E-state index in [1.807, 2.05) is 0 Å². The highest BCUT2D eigenvalue weighted by Gasteiger charge is 2.09. The molecule has 0 fully saturated rings. The first-order chi connectivity index (χ1) is 4.33. The summed E-state index contributed by atoms with van der Waals surface area (Å²) in [4.78, 5) is 10.4. The summed E-state index contributed by atoms with van der Waals surface area (Å²) in [6.07, 6.45) is 0. The maximum absolute atomic E-state index is 10.4. The fraction of sp³-hybridized carbons (Fsp3) is 0.500. The Labute approximate surface area is 61.8 Å². The van der Waals surface area contributed by atoms with Gasteiger partial charge in [-0.2, -0.15) is 5.10 Å². The van der Waals surface area contributed by atoms with Gasteiger partial charge in [-0.15, -0.1) is 11.6 Å². The summed E-state index contributed by atoms with van der Waals surface area (Å²) in [7, 11) is 0. The molecule has 0 saturated carbocycles. The molecule has 0 aromatic carbocycles. The van der Waals surface area contributed by atoms with Crippen LogP contribution >= 0.6 is 23.4 Å². The topological polar surface area (TPSA) is 41.5 Å². The number of hydrazone groups is 1. The van der Waals surface area contributed by atoms with Gasteiger partial charge in [-0.1, -0.05) is 11.8 Å². The Hall–Kier alpha value is -0.220. The van der Waals surface area contributed by atoms with Crippen LogP contribution in [0, 0.1) is 0 Å². The highest BCUT2D eigenvalue weighted by Crippen LogP contribution is 2.07. The summed E-state index contributed by atoms with van der Waals surface area (Å²) in [5, 5.41) is 3.59. The largest absolute Gasteiger partial charge is 0.299 e. The average molecular weight is 165 g/mol. The Morgan fingerprint density at radius 3 is 3.11 bits per heavy atom. The zero-order valence-corrected chi connectivity index (χ0v) is 6.13. The molecule has 1 aliphatic heterocycles. The smallest absolute Gasteiger partial charge is 0.260 e. The molecule has 1 N–H and O–H groups in total. The predicted octanol–water partition coefficient (Wildman–Crippen LogP) is 1.04. The van der Waals surface area contributed by atoms with Crippen LogP contribution in [0.4, 0.5) is 4.79 Å². The van der Waals surface area contributed by atoms with E-state index < -0.39 is 0 Å². The van der Waals surface area contributed by atoms with Crippen molar-refractivity contribution in [2.24, 2.45) is 5.10 Å². The van der Waals surface area contributed by atoms with Crippen LogP contribution in [0.2, 0.25) is 0 Å². The molecule has 5 heteroatoms. The van der Waals surface area contributed by atoms with E-state index in [4.69, 9.17) is 11.6 Å². The molecular weight excluding hydrogens is 160 g/mol. The zero-order valence-electron chi connectivity index (χ0n) is 4.56. The van der Waals surface area contributed by atoms with Gasteiger partial charge >= 0.3 is 0 Å². The number of carbonyl (C=O) groups excluding carboxylic acids is 1. The molecule has 0 aliphatic carbocycles. The quantitative estimate of drug-likeness (QED) is 0.589. The van der Waals surface area contributed by atoms with E-state index in [1.54, 1.807) is 0 Å². The standard InChI is InChI=1S/C4H5ClN2OS/c5-1-3-2-9-4(8)7-6-3/h1-2H2,(H,7,8). The van der Waals surface area contributed by atoms with Crippen molar-refractivity contribution in [3.8, 4) is 0 Å². The molecule has 0 aromatic heterocycles. The Morgan fingerprint density at radius 1 is 1.89 bits per heavy atom. The molecule has 1 heterocycles. The fourth-order valence-corrected chi connectivity index (χ4v) is 1.25. The SMILES string of the molecule is O=C1NN=C(CCl)CS1. The highest BCUT2D eigenvalue weighted by molar-refractivity contribution is 8.14. The molecule has 0 saturated heterocycles. The molecule has 1 rings (SSSR count). The minimum atomic E-state index is -0.108. The normalized spacial score (nSPS) is 18.8. The van der Waals surface area contributed by atoms with Crippen molar-refractivity contribution >= 4 is 34.3 Å². The lowest BCUT2D eigenvalue weighted by molar-refractivity contribution is 0.261. The number of nitrogens with zero attached hydrogens (tertiary/aromatic N) is 1. The van der Waals surface area contributed by atoms with E-state index in [1.165, 1.54) is 11.8 Å². The van der Waals surface area contributed by atoms with Crippen LogP contribution < -0.4 is 5.43 Å². The molecule has 9 heavy (non-hydrogen) atoms. The van der Waals surface area contributed by atoms with Gasteiger partial charge in [0, 0.05) is 5.75 Å². The molecule has 1 amide bonds. The number of alkyl halides is 1. The van der Waals surface area contributed by atoms with E-state index in [2.05, 4.69) is 10.5 Å². The Kier molecular flexibility index (Phi) is 2.36. The molecule has 0 bridgehead atoms. The highest BCUT2D eigenvalue weighted by atomic mass is 35.5. The second kappa shape index (κ2) is 3.08. The van der Waals surface area contributed by atoms with Crippen LogP contribution in [-0.2, 0) is 0 Å². The van der Waals surface area contributed by atoms with Crippen LogP contribution in [0.3, 0.4) is 0 Å². The third kappa shape index (κ3) is 1.87. The Bertz CT molecular complexity index is 159. The maximum atomic E-state index is 10.4. The van der Waals surface area contributed by atoms with Crippen molar-refractivity contribution in [2.45, 2.75) is 0 Å². The predicted molar refractivity (Wildman–Crippen MR) is 39.1 cm³/mol. The molecule has 0 radical (unpaired) electrons. The lowest BCUT2D eigenvalue weighted by Crippen LogP contribution is -2.23. The molecular formula is C4H5ClN2OS. The van der Waals surface area contributed by atoms with Gasteiger partial charge in [0.2, 0.25) is 0 Å². The molecule has 1 aliphatic rings. The summed E-state index contributed by atoms with van der Waals surface area (Å²) >= 11 is 6.62. The van der Waals surface area contributed by atoms with E-state index in [9.17, 15) is 4.79 Å². The summed E-state index contributed by atoms with van der Waals surface area (Å²) in [5.41, 5.74) is 3.13. The third-order valence-corrected chi connectivity index (χ3v) is 1.97. The van der Waals surface area contributed by atoms with Gasteiger partial charge in [0.05, 0.1) is 11.6 Å². The van der Waals surface area contributed by atoms with Crippen molar-refractivity contribution in [1.82, 2.24) is 5.43 Å². The van der Waals surface area contributed by atoms with Gasteiger partial charge in [-0.05, 0) is 0 Å². The van der Waals surface area contributed by atoms with Gasteiger partial charge in [0.1, 0.15) is 0 Å². The van der Waals surface area contributed by atoms with Gasteiger partial charge in [-0.25, -0.2) is 5.43 Å². The van der Waals surface area contributed by atoms with Crippen LogP contribution in [-0.4, -0.2) is 22.6 Å². The van der Waals surface area contributed by atoms with Crippen LogP contribution in [0.5, 0.6) is 0 Å². The Morgan fingerprint density at radius 2 is 2.67 bits per heavy atom. The van der Waals surface area contributed by atoms with E-state index >= 15 is 0 Å². The van der Waals surface area contributed by atoms with Gasteiger partial charge < -0.3 is 0 Å². The lowest BCUT2D eigenvalue weighted by atomic mass is 10.5. The number of thioether (sulfide) groups is 1. The summed E-state index contributed by atoms with van der Waals surface area (Å²) < 4.78 is 0. The minimum Gasteiger partial charge on any atom is -0.260 e. The summed E-state index contributed by atoms with van der Waals surface area (Å²) in [6.45, 7) is 0. The number of carbonyl (C=O) groups is 1. The van der Waals surface area contributed by atoms with Gasteiger partial charge in [0.25, 0.3) is 5.24 Å². The first-order valence-corrected chi connectivity index (χ1v) is 3.89. The van der Waals surface area contributed by atoms with E-state index in [0.29, 0.717) is 11.6 Å². The second-order valence-electron chi connectivity index (χ2n) is 1.50. The van der Waals surface area contributed by atoms with Gasteiger partial charge in [-0.3, -0.25) is 4.79 Å². The minimum absolute atomic E-state index is 0.108. The molecule has 0 atom stereocenters. The van der Waals surface area contributed by atoms with Crippen molar-refractivity contribution in [3.63, 3.8) is 0 Å². The number of hydrogen-bond donors (Lipinski definition) is 1. The number of rotatable bonds is 1. The first-order valence-electron chi connectivity index (χ1n) is 2.37. The van der Waals surface area contributed by atoms with Crippen molar-refractivity contribution in [3.05, 3.63) is 0 Å². The third-order valence-electron chi connectivity index (χ3n) is 0.829. The number of halogens is 1. The molecule has 3 nitrogen and oxygen atoms in total. The van der Waals surface area contributed by atoms with Crippen molar-refractivity contribution in [1.29, 1.82) is 0 Å². The van der Waals surface area contributed by atoms with Crippen LogP contribution in [0.25, 0.3) is 0 Å². The molecule has 50 valence electrons. The average Bonchev–Trinajstić information content (AvgIpc) is 1.90. The maximum Gasteiger partial charge on any atom is 0.299 e. The number of nitrogens with one attached hydrogen (secondary N) is 1. The number of hydrogen-bond acceptors (Lipinski definition) is 3. The first kappa shape index (κ1) is 6.89. The molecule has 0 spiro atoms. The summed E-state index contributed by atoms with van der Waals surface area (Å²) in [6, 6.07) is 0. The van der Waals surface area contributed by atoms with E-state index in [-0.39, 0.29) is 5.24 Å². The fourth-order valence-electron chi connectivity index (χ4n) is 0.407. The zero-order chi connectivity index (χ0) is 6.69. The molecule has 0 unspecified atom stereocenters. The van der Waals surface area contributed by atoms with Crippen molar-refractivity contribution < 1.29 is 4.79 Å². The van der Waals surface area contributed by atoms with Crippen molar-refractivity contribution in [2.75, 3.05) is 11.6 Å². The van der Waals surface area contributed by atoms with Gasteiger partial charge in [0.15, 0.2) is 0 Å². The monoisotopic (exact) mass is 164 g/mol.